The molecule has 0 unspecified atom stereocenters. The molecule has 0 radical (unpaired) electrons. The molecule has 0 aliphatic heterocycles. The molecular formula is C12H15ClN6O. The van der Waals surface area contributed by atoms with Crippen LogP contribution in [0.25, 0.3) is 0 Å². The fraction of sp³-hybridized carbons (Fsp3) is 0.333. The summed E-state index contributed by atoms with van der Waals surface area (Å²) < 4.78 is 1.54. The summed E-state index contributed by atoms with van der Waals surface area (Å²) in [6.45, 7) is 5.93. The van der Waals surface area contributed by atoms with Crippen molar-refractivity contribution in [2.45, 2.75) is 27.3 Å². The van der Waals surface area contributed by atoms with Crippen molar-refractivity contribution in [3.63, 3.8) is 0 Å². The van der Waals surface area contributed by atoms with Crippen LogP contribution in [-0.2, 0) is 6.54 Å². The number of nitrogens with one attached hydrogen (secondary N) is 1. The molecule has 0 bridgehead atoms. The molecule has 2 heterocycles. The molecule has 0 saturated heterocycles. The molecule has 2 aromatic rings. The molecule has 8 heteroatoms. The maximum absolute atomic E-state index is 12.3. The molecule has 3 N–H and O–H groups in total. The number of hydrogen-bond donors (Lipinski definition) is 2. The Morgan fingerprint density at radius 1 is 1.45 bits per heavy atom. The van der Waals surface area contributed by atoms with Gasteiger partial charge in [-0.3, -0.25) is 14.8 Å². The van der Waals surface area contributed by atoms with Gasteiger partial charge < -0.3 is 5.73 Å². The highest BCUT2D eigenvalue weighted by molar-refractivity contribution is 6.29. The standard InChI is InChI=1S/C12H15ClN6O/c1-4-19-10(9(14)7(3)18-19)11(20)17-12-15-6(2)5-8(13)16-12/h5H,4,14H2,1-3H3,(H,15,16,17,20). The smallest absolute Gasteiger partial charge is 0.278 e. The van der Waals surface area contributed by atoms with Crippen LogP contribution < -0.4 is 11.1 Å². The van der Waals surface area contributed by atoms with Crippen molar-refractivity contribution in [2.75, 3.05) is 11.1 Å². The number of nitrogens with two attached hydrogens (primary N) is 1. The zero-order valence-corrected chi connectivity index (χ0v) is 12.2. The Morgan fingerprint density at radius 2 is 2.15 bits per heavy atom. The third-order valence-electron chi connectivity index (χ3n) is 2.74. The topological polar surface area (TPSA) is 98.7 Å². The Labute approximate surface area is 121 Å². The quantitative estimate of drug-likeness (QED) is 0.841. The highest BCUT2D eigenvalue weighted by atomic mass is 35.5. The molecule has 106 valence electrons. The number of anilines is 2. The van der Waals surface area contributed by atoms with Gasteiger partial charge >= 0.3 is 0 Å². The number of nitrogen functional groups attached to an aromatic ring is 1. The van der Waals surface area contributed by atoms with Gasteiger partial charge in [0.2, 0.25) is 5.95 Å². The molecule has 0 aliphatic carbocycles. The van der Waals surface area contributed by atoms with E-state index in [9.17, 15) is 4.79 Å². The highest BCUT2D eigenvalue weighted by Crippen LogP contribution is 2.18. The number of amides is 1. The van der Waals surface area contributed by atoms with E-state index in [1.54, 1.807) is 19.9 Å². The molecule has 0 saturated carbocycles. The summed E-state index contributed by atoms with van der Waals surface area (Å²) in [5, 5.41) is 7.04. The predicted octanol–water partition coefficient (Wildman–Crippen LogP) is 1.80. The molecule has 2 aromatic heterocycles. The van der Waals surface area contributed by atoms with Crippen molar-refractivity contribution in [1.82, 2.24) is 19.7 Å². The lowest BCUT2D eigenvalue weighted by Gasteiger charge is -2.07. The molecule has 1 amide bonds. The van der Waals surface area contributed by atoms with Gasteiger partial charge in [0.15, 0.2) is 0 Å². The molecule has 2 rings (SSSR count). The predicted molar refractivity (Wildman–Crippen MR) is 76.8 cm³/mol. The Balaban J connectivity index is 2.33. The van der Waals surface area contributed by atoms with Crippen molar-refractivity contribution in [3.8, 4) is 0 Å². The average molecular weight is 295 g/mol. The van der Waals surface area contributed by atoms with Crippen molar-refractivity contribution < 1.29 is 4.79 Å². The molecule has 0 spiro atoms. The van der Waals surface area contributed by atoms with Gasteiger partial charge in [0.1, 0.15) is 10.8 Å². The van der Waals surface area contributed by atoms with E-state index in [1.807, 2.05) is 6.92 Å². The Hall–Kier alpha value is -2.15. The summed E-state index contributed by atoms with van der Waals surface area (Å²) in [7, 11) is 0. The zero-order valence-electron chi connectivity index (χ0n) is 11.4. The van der Waals surface area contributed by atoms with Gasteiger partial charge in [-0.25, -0.2) is 9.97 Å². The highest BCUT2D eigenvalue weighted by Gasteiger charge is 2.20. The number of rotatable bonds is 3. The van der Waals surface area contributed by atoms with Gasteiger partial charge in [0.25, 0.3) is 5.91 Å². The summed E-state index contributed by atoms with van der Waals surface area (Å²) in [5.74, 6) is -0.271. The number of halogens is 1. The third kappa shape index (κ3) is 2.72. The number of hydrogen-bond acceptors (Lipinski definition) is 5. The SMILES string of the molecule is CCn1nc(C)c(N)c1C(=O)Nc1nc(C)cc(Cl)n1. The second kappa shape index (κ2) is 5.46. The van der Waals surface area contributed by atoms with Gasteiger partial charge in [0.05, 0.1) is 11.4 Å². The lowest BCUT2D eigenvalue weighted by molar-refractivity contribution is 0.101. The van der Waals surface area contributed by atoms with Crippen LogP contribution in [0.4, 0.5) is 11.6 Å². The summed E-state index contributed by atoms with van der Waals surface area (Å²) in [5.41, 5.74) is 7.80. The van der Waals surface area contributed by atoms with Crippen molar-refractivity contribution >= 4 is 29.1 Å². The van der Waals surface area contributed by atoms with E-state index in [2.05, 4.69) is 20.4 Å². The summed E-state index contributed by atoms with van der Waals surface area (Å²) in [6, 6.07) is 1.60. The van der Waals surface area contributed by atoms with E-state index in [0.29, 0.717) is 29.3 Å². The maximum Gasteiger partial charge on any atom is 0.278 e. The van der Waals surface area contributed by atoms with Crippen molar-refractivity contribution in [2.24, 2.45) is 0 Å². The van der Waals surface area contributed by atoms with Crippen molar-refractivity contribution in [1.29, 1.82) is 0 Å². The normalized spacial score (nSPS) is 10.6. The summed E-state index contributed by atoms with van der Waals surface area (Å²) in [4.78, 5) is 20.3. The number of aryl methyl sites for hydroxylation is 3. The molecule has 7 nitrogen and oxygen atoms in total. The lowest BCUT2D eigenvalue weighted by Crippen LogP contribution is -2.20. The Bertz CT molecular complexity index is 646. The van der Waals surface area contributed by atoms with Crippen LogP contribution in [0, 0.1) is 13.8 Å². The molecule has 0 atom stereocenters. The number of carbonyl (C=O) groups is 1. The second-order valence-corrected chi connectivity index (χ2v) is 4.66. The van der Waals surface area contributed by atoms with Crippen LogP contribution in [-0.4, -0.2) is 25.7 Å². The van der Waals surface area contributed by atoms with E-state index in [1.165, 1.54) is 4.68 Å². The van der Waals surface area contributed by atoms with Crippen LogP contribution in [0.2, 0.25) is 5.15 Å². The Morgan fingerprint density at radius 3 is 2.75 bits per heavy atom. The van der Waals surface area contributed by atoms with Gasteiger partial charge in [-0.2, -0.15) is 5.10 Å². The summed E-state index contributed by atoms with van der Waals surface area (Å²) in [6.07, 6.45) is 0. The van der Waals surface area contributed by atoms with Crippen LogP contribution in [0.15, 0.2) is 6.07 Å². The van der Waals surface area contributed by atoms with E-state index >= 15 is 0 Å². The molecular weight excluding hydrogens is 280 g/mol. The second-order valence-electron chi connectivity index (χ2n) is 4.27. The fourth-order valence-electron chi connectivity index (χ4n) is 1.81. The molecule has 20 heavy (non-hydrogen) atoms. The third-order valence-corrected chi connectivity index (χ3v) is 2.93. The number of aromatic nitrogens is 4. The molecule has 0 fully saturated rings. The minimum atomic E-state index is -0.411. The Kier molecular flexibility index (Phi) is 3.89. The average Bonchev–Trinajstić information content (AvgIpc) is 2.63. The number of carbonyl (C=O) groups excluding carboxylic acids is 1. The molecule has 0 aromatic carbocycles. The van der Waals surface area contributed by atoms with Gasteiger partial charge in [-0.1, -0.05) is 11.6 Å². The van der Waals surface area contributed by atoms with E-state index in [4.69, 9.17) is 17.3 Å². The van der Waals surface area contributed by atoms with Crippen molar-refractivity contribution in [3.05, 3.63) is 28.3 Å². The minimum absolute atomic E-state index is 0.140. The first-order valence-corrected chi connectivity index (χ1v) is 6.45. The lowest BCUT2D eigenvalue weighted by atomic mass is 10.3. The maximum atomic E-state index is 12.3. The van der Waals surface area contributed by atoms with E-state index in [-0.39, 0.29) is 11.1 Å². The van der Waals surface area contributed by atoms with E-state index < -0.39 is 5.91 Å². The zero-order chi connectivity index (χ0) is 14.9. The van der Waals surface area contributed by atoms with Crippen LogP contribution in [0.5, 0.6) is 0 Å². The summed E-state index contributed by atoms with van der Waals surface area (Å²) >= 11 is 5.83. The van der Waals surface area contributed by atoms with Gasteiger partial charge in [-0.15, -0.1) is 0 Å². The first-order chi connectivity index (χ1) is 9.42. The van der Waals surface area contributed by atoms with Crippen LogP contribution >= 0.6 is 11.6 Å². The first kappa shape index (κ1) is 14.3. The van der Waals surface area contributed by atoms with Crippen LogP contribution in [0.1, 0.15) is 28.8 Å². The van der Waals surface area contributed by atoms with Gasteiger partial charge in [-0.05, 0) is 26.8 Å². The molecule has 0 aliphatic rings. The van der Waals surface area contributed by atoms with Gasteiger partial charge in [0, 0.05) is 12.2 Å². The first-order valence-electron chi connectivity index (χ1n) is 6.07. The fourth-order valence-corrected chi connectivity index (χ4v) is 2.05. The van der Waals surface area contributed by atoms with Crippen LogP contribution in [0.3, 0.4) is 0 Å². The monoisotopic (exact) mass is 294 g/mol. The van der Waals surface area contributed by atoms with E-state index in [0.717, 1.165) is 0 Å². The number of nitrogens with zero attached hydrogens (tertiary/aromatic N) is 4. The largest absolute Gasteiger partial charge is 0.395 e. The minimum Gasteiger partial charge on any atom is -0.395 e.